The fourth-order valence-electron chi connectivity index (χ4n) is 1.27. The topological polar surface area (TPSA) is 69.1 Å². The lowest BCUT2D eigenvalue weighted by molar-refractivity contribution is 0.112. The van der Waals surface area contributed by atoms with Gasteiger partial charge < -0.3 is 11.5 Å². The lowest BCUT2D eigenvalue weighted by atomic mass is 10.1. The number of aldehydes is 1. The molecule has 0 fully saturated rings. The number of thiophene rings is 1. The number of nitrogens with two attached hydrogens (primary N) is 2. The molecule has 0 saturated carbocycles. The summed E-state index contributed by atoms with van der Waals surface area (Å²) in [6.07, 6.45) is 0.771. The standard InChI is InChI=1S/C9H8N2OS/c10-5-1-2-8-6(3-5)7(4-12)9(11)13-8/h1-4H,10-11H2. The van der Waals surface area contributed by atoms with Crippen molar-refractivity contribution in [1.29, 1.82) is 0 Å². The quantitative estimate of drug-likeness (QED) is 0.535. The van der Waals surface area contributed by atoms with Crippen molar-refractivity contribution in [3.63, 3.8) is 0 Å². The highest BCUT2D eigenvalue weighted by atomic mass is 32.1. The molecule has 0 amide bonds. The largest absolute Gasteiger partial charge is 0.399 e. The van der Waals surface area contributed by atoms with Crippen molar-refractivity contribution >= 4 is 38.4 Å². The Hall–Kier alpha value is -1.55. The Morgan fingerprint density at radius 1 is 1.31 bits per heavy atom. The summed E-state index contributed by atoms with van der Waals surface area (Å²) in [5, 5.41) is 1.40. The van der Waals surface area contributed by atoms with E-state index < -0.39 is 0 Å². The van der Waals surface area contributed by atoms with Crippen molar-refractivity contribution in [3.05, 3.63) is 23.8 Å². The molecular weight excluding hydrogens is 184 g/mol. The molecule has 3 nitrogen and oxygen atoms in total. The molecule has 0 bridgehead atoms. The summed E-state index contributed by atoms with van der Waals surface area (Å²) in [5.74, 6) is 0. The van der Waals surface area contributed by atoms with Gasteiger partial charge in [-0.15, -0.1) is 11.3 Å². The van der Waals surface area contributed by atoms with Gasteiger partial charge >= 0.3 is 0 Å². The summed E-state index contributed by atoms with van der Waals surface area (Å²) in [4.78, 5) is 10.7. The molecule has 0 aliphatic carbocycles. The second kappa shape index (κ2) is 2.74. The Morgan fingerprint density at radius 2 is 2.08 bits per heavy atom. The number of benzene rings is 1. The van der Waals surface area contributed by atoms with Gasteiger partial charge in [0.2, 0.25) is 0 Å². The fourth-order valence-corrected chi connectivity index (χ4v) is 2.19. The molecule has 0 aliphatic rings. The number of fused-ring (bicyclic) bond motifs is 1. The Kier molecular flexibility index (Phi) is 1.70. The molecule has 0 aliphatic heterocycles. The zero-order chi connectivity index (χ0) is 9.42. The molecule has 4 N–H and O–H groups in total. The van der Waals surface area contributed by atoms with Crippen LogP contribution in [0.1, 0.15) is 10.4 Å². The van der Waals surface area contributed by atoms with E-state index in [0.717, 1.165) is 16.4 Å². The Bertz CT molecular complexity index is 476. The van der Waals surface area contributed by atoms with E-state index in [9.17, 15) is 4.79 Å². The van der Waals surface area contributed by atoms with Crippen LogP contribution in [0.2, 0.25) is 0 Å². The highest BCUT2D eigenvalue weighted by molar-refractivity contribution is 7.23. The van der Waals surface area contributed by atoms with Gasteiger partial charge in [-0.2, -0.15) is 0 Å². The van der Waals surface area contributed by atoms with Crippen molar-refractivity contribution in [2.24, 2.45) is 0 Å². The van der Waals surface area contributed by atoms with Crippen LogP contribution in [0.25, 0.3) is 10.1 Å². The average Bonchev–Trinajstić information content (AvgIpc) is 2.40. The molecule has 1 aromatic heterocycles. The van der Waals surface area contributed by atoms with Gasteiger partial charge in [0, 0.05) is 15.8 Å². The second-order valence-electron chi connectivity index (χ2n) is 2.75. The average molecular weight is 192 g/mol. The summed E-state index contributed by atoms with van der Waals surface area (Å²) in [6, 6.07) is 5.44. The molecule has 0 atom stereocenters. The zero-order valence-electron chi connectivity index (χ0n) is 6.78. The molecule has 1 aromatic carbocycles. The maximum atomic E-state index is 10.7. The first-order valence-electron chi connectivity index (χ1n) is 3.75. The SMILES string of the molecule is Nc1ccc2sc(N)c(C=O)c2c1. The predicted octanol–water partition coefficient (Wildman–Crippen LogP) is 1.88. The van der Waals surface area contributed by atoms with Gasteiger partial charge in [-0.1, -0.05) is 0 Å². The summed E-state index contributed by atoms with van der Waals surface area (Å²) >= 11 is 1.40. The number of anilines is 2. The van der Waals surface area contributed by atoms with Gasteiger partial charge in [0.05, 0.1) is 10.6 Å². The molecule has 0 saturated heterocycles. The molecule has 4 heteroatoms. The van der Waals surface area contributed by atoms with Crippen LogP contribution in [0.5, 0.6) is 0 Å². The first-order chi connectivity index (χ1) is 6.22. The van der Waals surface area contributed by atoms with Crippen LogP contribution in [0.4, 0.5) is 10.7 Å². The van der Waals surface area contributed by atoms with Crippen molar-refractivity contribution in [1.82, 2.24) is 0 Å². The molecule has 13 heavy (non-hydrogen) atoms. The monoisotopic (exact) mass is 192 g/mol. The molecule has 0 spiro atoms. The Labute approximate surface area is 79.0 Å². The van der Waals surface area contributed by atoms with Gasteiger partial charge in [-0.25, -0.2) is 0 Å². The van der Waals surface area contributed by atoms with Crippen molar-refractivity contribution in [2.75, 3.05) is 11.5 Å². The summed E-state index contributed by atoms with van der Waals surface area (Å²) in [6.45, 7) is 0. The third-order valence-electron chi connectivity index (χ3n) is 1.90. The Balaban J connectivity index is 2.88. The molecule has 0 unspecified atom stereocenters. The first-order valence-corrected chi connectivity index (χ1v) is 4.56. The minimum atomic E-state index is 0.548. The minimum absolute atomic E-state index is 0.548. The fraction of sp³-hybridized carbons (Fsp3) is 0. The van der Waals surface area contributed by atoms with Crippen LogP contribution >= 0.6 is 11.3 Å². The van der Waals surface area contributed by atoms with Crippen LogP contribution in [0, 0.1) is 0 Å². The van der Waals surface area contributed by atoms with Crippen LogP contribution in [-0.2, 0) is 0 Å². The molecular formula is C9H8N2OS. The number of hydrogen-bond acceptors (Lipinski definition) is 4. The molecule has 66 valence electrons. The van der Waals surface area contributed by atoms with Gasteiger partial charge in [0.15, 0.2) is 6.29 Å². The third-order valence-corrected chi connectivity index (χ3v) is 2.91. The molecule has 2 rings (SSSR count). The highest BCUT2D eigenvalue weighted by Crippen LogP contribution is 2.33. The van der Waals surface area contributed by atoms with Gasteiger partial charge in [0.25, 0.3) is 0 Å². The number of hydrogen-bond donors (Lipinski definition) is 2. The maximum absolute atomic E-state index is 10.7. The minimum Gasteiger partial charge on any atom is -0.399 e. The first kappa shape index (κ1) is 8.07. The van der Waals surface area contributed by atoms with E-state index in [-0.39, 0.29) is 0 Å². The summed E-state index contributed by atoms with van der Waals surface area (Å²) in [7, 11) is 0. The highest BCUT2D eigenvalue weighted by Gasteiger charge is 2.08. The zero-order valence-corrected chi connectivity index (χ0v) is 7.60. The van der Waals surface area contributed by atoms with E-state index in [1.54, 1.807) is 12.1 Å². The number of nitrogen functional groups attached to an aromatic ring is 2. The number of carbonyl (C=O) groups excluding carboxylic acids is 1. The molecule has 2 aromatic rings. The van der Waals surface area contributed by atoms with E-state index in [4.69, 9.17) is 11.5 Å². The van der Waals surface area contributed by atoms with Crippen LogP contribution in [0.15, 0.2) is 18.2 Å². The van der Waals surface area contributed by atoms with Gasteiger partial charge in [0.1, 0.15) is 0 Å². The number of carbonyl (C=O) groups is 1. The van der Waals surface area contributed by atoms with Crippen LogP contribution in [0.3, 0.4) is 0 Å². The Morgan fingerprint density at radius 3 is 2.77 bits per heavy atom. The number of rotatable bonds is 1. The van der Waals surface area contributed by atoms with Crippen molar-refractivity contribution in [3.8, 4) is 0 Å². The normalized spacial score (nSPS) is 10.5. The summed E-state index contributed by atoms with van der Waals surface area (Å²) < 4.78 is 0.994. The van der Waals surface area contributed by atoms with E-state index in [1.165, 1.54) is 11.3 Å². The van der Waals surface area contributed by atoms with E-state index in [0.29, 0.717) is 16.3 Å². The van der Waals surface area contributed by atoms with Gasteiger partial charge in [-0.05, 0) is 18.2 Å². The second-order valence-corrected chi connectivity index (χ2v) is 3.84. The molecule has 1 heterocycles. The van der Waals surface area contributed by atoms with Crippen LogP contribution < -0.4 is 11.5 Å². The van der Waals surface area contributed by atoms with E-state index >= 15 is 0 Å². The van der Waals surface area contributed by atoms with E-state index in [1.807, 2.05) is 6.07 Å². The summed E-state index contributed by atoms with van der Waals surface area (Å²) in [5.41, 5.74) is 12.5. The molecule has 0 radical (unpaired) electrons. The lowest BCUT2D eigenvalue weighted by Crippen LogP contribution is -1.87. The van der Waals surface area contributed by atoms with Gasteiger partial charge in [-0.3, -0.25) is 4.79 Å². The van der Waals surface area contributed by atoms with E-state index in [2.05, 4.69) is 0 Å². The van der Waals surface area contributed by atoms with Crippen molar-refractivity contribution in [2.45, 2.75) is 0 Å². The third kappa shape index (κ3) is 1.15. The van der Waals surface area contributed by atoms with Crippen LogP contribution in [-0.4, -0.2) is 6.29 Å². The lowest BCUT2D eigenvalue weighted by Gasteiger charge is -1.92. The van der Waals surface area contributed by atoms with Crippen molar-refractivity contribution < 1.29 is 4.79 Å². The maximum Gasteiger partial charge on any atom is 0.153 e. The predicted molar refractivity (Wildman–Crippen MR) is 56.0 cm³/mol. The smallest absolute Gasteiger partial charge is 0.153 e.